The van der Waals surface area contributed by atoms with Gasteiger partial charge in [-0.05, 0) is 6.92 Å². The minimum absolute atomic E-state index is 0.312. The van der Waals surface area contributed by atoms with Crippen LogP contribution in [0.15, 0.2) is 0 Å². The van der Waals surface area contributed by atoms with Gasteiger partial charge in [0.15, 0.2) is 0 Å². The number of aliphatic carboxylic acids is 1. The van der Waals surface area contributed by atoms with Crippen LogP contribution in [0.4, 0.5) is 0 Å². The van der Waals surface area contributed by atoms with Crippen molar-refractivity contribution in [2.45, 2.75) is 26.8 Å². The zero-order valence-electron chi connectivity index (χ0n) is 7.83. The van der Waals surface area contributed by atoms with Gasteiger partial charge in [0, 0.05) is 13.8 Å². The van der Waals surface area contributed by atoms with Crippen molar-refractivity contribution >= 4 is 17.8 Å². The molecule has 6 nitrogen and oxygen atoms in total. The van der Waals surface area contributed by atoms with Crippen molar-refractivity contribution in [3.05, 3.63) is 0 Å². The van der Waals surface area contributed by atoms with Crippen molar-refractivity contribution in [1.82, 2.24) is 5.32 Å². The standard InChI is InChI=1S/C4H7NO2.C3H7NO2/c1-3(6)5-4(2)7;1-2(4)3(5)6/h1-2H3,(H,5,6,7);2H,4H2,1H3,(H,5,6)/t;2-/m.0/s1. The number of carboxylic acid groups (broad SMARTS) is 1. The number of hydrogen-bond donors (Lipinski definition) is 3. The highest BCUT2D eigenvalue weighted by molar-refractivity contribution is 5.92. The summed E-state index contributed by atoms with van der Waals surface area (Å²) in [4.78, 5) is 29.4. The third kappa shape index (κ3) is 18.0. The average Bonchev–Trinajstić information content (AvgIpc) is 1.84. The van der Waals surface area contributed by atoms with Crippen molar-refractivity contribution in [2.24, 2.45) is 5.73 Å². The van der Waals surface area contributed by atoms with E-state index in [1.807, 2.05) is 5.32 Å². The van der Waals surface area contributed by atoms with Crippen molar-refractivity contribution in [3.8, 4) is 0 Å². The summed E-state index contributed by atoms with van der Waals surface area (Å²) in [5, 5.41) is 9.89. The molecular weight excluding hydrogens is 176 g/mol. The number of imide groups is 1. The van der Waals surface area contributed by atoms with Gasteiger partial charge in [0.05, 0.1) is 0 Å². The number of carbonyl (C=O) groups excluding carboxylic acids is 2. The van der Waals surface area contributed by atoms with Crippen LogP contribution in [-0.2, 0) is 14.4 Å². The van der Waals surface area contributed by atoms with Crippen molar-refractivity contribution < 1.29 is 19.5 Å². The first-order valence-electron chi connectivity index (χ1n) is 3.54. The zero-order valence-corrected chi connectivity index (χ0v) is 7.83. The third-order valence-corrected chi connectivity index (χ3v) is 0.742. The van der Waals surface area contributed by atoms with Gasteiger partial charge in [-0.2, -0.15) is 0 Å². The largest absolute Gasteiger partial charge is 0.480 e. The smallest absolute Gasteiger partial charge is 0.320 e. The van der Waals surface area contributed by atoms with Crippen molar-refractivity contribution in [3.63, 3.8) is 0 Å². The Morgan fingerprint density at radius 2 is 1.46 bits per heavy atom. The molecule has 0 aromatic rings. The number of rotatable bonds is 1. The second-order valence-corrected chi connectivity index (χ2v) is 2.36. The first-order chi connectivity index (χ1) is 5.77. The van der Waals surface area contributed by atoms with E-state index < -0.39 is 12.0 Å². The number of nitrogens with one attached hydrogen (secondary N) is 1. The molecule has 0 aromatic heterocycles. The molecule has 0 radical (unpaired) electrons. The van der Waals surface area contributed by atoms with Crippen LogP contribution in [0.5, 0.6) is 0 Å². The molecule has 0 aliphatic heterocycles. The lowest BCUT2D eigenvalue weighted by Gasteiger charge is -1.90. The van der Waals surface area contributed by atoms with Gasteiger partial charge in [-0.15, -0.1) is 0 Å². The van der Waals surface area contributed by atoms with Crippen LogP contribution >= 0.6 is 0 Å². The second-order valence-electron chi connectivity index (χ2n) is 2.36. The summed E-state index contributed by atoms with van der Waals surface area (Å²) in [6, 6.07) is -0.731. The molecule has 1 atom stereocenters. The average molecular weight is 190 g/mol. The minimum Gasteiger partial charge on any atom is -0.480 e. The number of carbonyl (C=O) groups is 3. The van der Waals surface area contributed by atoms with E-state index in [4.69, 9.17) is 10.8 Å². The predicted molar refractivity (Wildman–Crippen MR) is 45.8 cm³/mol. The second kappa shape index (κ2) is 7.23. The molecule has 13 heavy (non-hydrogen) atoms. The van der Waals surface area contributed by atoms with E-state index >= 15 is 0 Å². The zero-order chi connectivity index (χ0) is 11.0. The predicted octanol–water partition coefficient (Wildman–Crippen LogP) is -0.913. The van der Waals surface area contributed by atoms with Crippen LogP contribution in [0.25, 0.3) is 0 Å². The molecule has 76 valence electrons. The molecular formula is C7H14N2O4. The number of nitrogens with two attached hydrogens (primary N) is 1. The van der Waals surface area contributed by atoms with Crippen LogP contribution in [0, 0.1) is 0 Å². The molecule has 0 aliphatic carbocycles. The van der Waals surface area contributed by atoms with Gasteiger partial charge < -0.3 is 10.8 Å². The number of amides is 2. The Kier molecular flexibility index (Phi) is 7.85. The molecule has 0 spiro atoms. The Bertz CT molecular complexity index is 189. The summed E-state index contributed by atoms with van der Waals surface area (Å²) < 4.78 is 0. The quantitative estimate of drug-likeness (QED) is 0.495. The number of carboxylic acids is 1. The molecule has 0 saturated heterocycles. The summed E-state index contributed by atoms with van der Waals surface area (Å²) in [6.45, 7) is 4.01. The molecule has 2 amide bonds. The first-order valence-corrected chi connectivity index (χ1v) is 3.54. The fraction of sp³-hybridized carbons (Fsp3) is 0.571. The molecule has 0 aromatic carbocycles. The van der Waals surface area contributed by atoms with Gasteiger partial charge in [-0.25, -0.2) is 0 Å². The first kappa shape index (κ1) is 14.1. The minimum atomic E-state index is -0.963. The van der Waals surface area contributed by atoms with Gasteiger partial charge >= 0.3 is 5.97 Å². The molecule has 0 rings (SSSR count). The topological polar surface area (TPSA) is 109 Å². The van der Waals surface area contributed by atoms with E-state index in [-0.39, 0.29) is 11.8 Å². The normalized spacial score (nSPS) is 10.5. The Hall–Kier alpha value is -1.43. The van der Waals surface area contributed by atoms with E-state index in [0.29, 0.717) is 0 Å². The summed E-state index contributed by atoms with van der Waals surface area (Å²) in [7, 11) is 0. The van der Waals surface area contributed by atoms with E-state index in [1.54, 1.807) is 0 Å². The van der Waals surface area contributed by atoms with Crippen molar-refractivity contribution in [2.75, 3.05) is 0 Å². The molecule has 0 heterocycles. The SMILES string of the molecule is CC(=O)NC(C)=O.C[C@H](N)C(=O)O. The molecule has 4 N–H and O–H groups in total. The van der Waals surface area contributed by atoms with Gasteiger partial charge in [-0.1, -0.05) is 0 Å². The molecule has 0 saturated carbocycles. The van der Waals surface area contributed by atoms with E-state index in [2.05, 4.69) is 0 Å². The van der Waals surface area contributed by atoms with Gasteiger partial charge in [-0.3, -0.25) is 19.7 Å². The van der Waals surface area contributed by atoms with E-state index in [0.717, 1.165) is 0 Å². The van der Waals surface area contributed by atoms with Gasteiger partial charge in [0.2, 0.25) is 11.8 Å². The van der Waals surface area contributed by atoms with Crippen LogP contribution in [0.2, 0.25) is 0 Å². The Morgan fingerprint density at radius 3 is 1.46 bits per heavy atom. The third-order valence-electron chi connectivity index (χ3n) is 0.742. The highest BCUT2D eigenvalue weighted by atomic mass is 16.4. The summed E-state index contributed by atoms with van der Waals surface area (Å²) >= 11 is 0. The monoisotopic (exact) mass is 190 g/mol. The Labute approximate surface area is 76.1 Å². The van der Waals surface area contributed by atoms with Crippen LogP contribution in [0.3, 0.4) is 0 Å². The lowest BCUT2D eigenvalue weighted by atomic mass is 10.4. The maximum atomic E-state index is 9.92. The lowest BCUT2D eigenvalue weighted by Crippen LogP contribution is -2.25. The van der Waals surface area contributed by atoms with E-state index in [1.165, 1.54) is 20.8 Å². The lowest BCUT2D eigenvalue weighted by molar-refractivity contribution is -0.138. The summed E-state index contributed by atoms with van der Waals surface area (Å²) in [5.41, 5.74) is 4.84. The fourth-order valence-electron chi connectivity index (χ4n) is 0.248. The van der Waals surface area contributed by atoms with E-state index in [9.17, 15) is 14.4 Å². The van der Waals surface area contributed by atoms with Crippen molar-refractivity contribution in [1.29, 1.82) is 0 Å². The molecule has 0 aliphatic rings. The summed E-state index contributed by atoms with van der Waals surface area (Å²) in [6.07, 6.45) is 0. The van der Waals surface area contributed by atoms with Gasteiger partial charge in [0.25, 0.3) is 0 Å². The fourth-order valence-corrected chi connectivity index (χ4v) is 0.248. The molecule has 0 unspecified atom stereocenters. The molecule has 6 heteroatoms. The van der Waals surface area contributed by atoms with Crippen LogP contribution in [-0.4, -0.2) is 28.9 Å². The highest BCUT2D eigenvalue weighted by Crippen LogP contribution is 1.68. The molecule has 0 bridgehead atoms. The van der Waals surface area contributed by atoms with Crippen LogP contribution in [0.1, 0.15) is 20.8 Å². The van der Waals surface area contributed by atoms with Gasteiger partial charge in [0.1, 0.15) is 6.04 Å². The Morgan fingerprint density at radius 1 is 1.23 bits per heavy atom. The molecule has 0 fully saturated rings. The maximum absolute atomic E-state index is 9.92. The van der Waals surface area contributed by atoms with Crippen LogP contribution < -0.4 is 11.1 Å². The summed E-state index contributed by atoms with van der Waals surface area (Å²) in [5.74, 6) is -1.59. The number of hydrogen-bond acceptors (Lipinski definition) is 4. The maximum Gasteiger partial charge on any atom is 0.320 e. The highest BCUT2D eigenvalue weighted by Gasteiger charge is 1.99. The Balaban J connectivity index is 0.